The molecule has 21 heavy (non-hydrogen) atoms. The Morgan fingerprint density at radius 3 is 2.48 bits per heavy atom. The lowest BCUT2D eigenvalue weighted by atomic mass is 10.1. The number of carbonyl (C=O) groups excluding carboxylic acids is 4. The van der Waals surface area contributed by atoms with Crippen molar-refractivity contribution in [1.29, 1.82) is 0 Å². The number of nitrogen functional groups attached to an aromatic ring is 1. The van der Waals surface area contributed by atoms with Crippen LogP contribution >= 0.6 is 0 Å². The molecule has 1 atom stereocenters. The summed E-state index contributed by atoms with van der Waals surface area (Å²) in [6.07, 6.45) is 0.259. The van der Waals surface area contributed by atoms with E-state index in [4.69, 9.17) is 5.73 Å². The first kappa shape index (κ1) is 16.4. The molecule has 0 bridgehead atoms. The van der Waals surface area contributed by atoms with E-state index in [1.54, 1.807) is 19.1 Å². The first-order valence-corrected chi connectivity index (χ1v) is 6.24. The highest BCUT2D eigenvalue weighted by Gasteiger charge is 2.28. The summed E-state index contributed by atoms with van der Waals surface area (Å²) in [7, 11) is 0. The van der Waals surface area contributed by atoms with Crippen molar-refractivity contribution in [3.8, 4) is 0 Å². The highest BCUT2D eigenvalue weighted by atomic mass is 16.2. The van der Waals surface area contributed by atoms with Gasteiger partial charge in [-0.3, -0.25) is 29.4 Å². The Balaban J connectivity index is 3.07. The summed E-state index contributed by atoms with van der Waals surface area (Å²) in [6, 6.07) is 3.61. The van der Waals surface area contributed by atoms with E-state index in [1.807, 2.05) is 5.32 Å². The molecule has 0 spiro atoms. The van der Waals surface area contributed by atoms with Crippen molar-refractivity contribution in [3.63, 3.8) is 0 Å². The second-order valence-corrected chi connectivity index (χ2v) is 4.56. The van der Waals surface area contributed by atoms with Crippen LogP contribution < -0.4 is 11.1 Å². The van der Waals surface area contributed by atoms with E-state index in [2.05, 4.69) is 0 Å². The molecule has 1 aromatic carbocycles. The van der Waals surface area contributed by atoms with Gasteiger partial charge in [-0.25, -0.2) is 0 Å². The lowest BCUT2D eigenvalue weighted by Crippen LogP contribution is -2.48. The second kappa shape index (κ2) is 6.65. The Morgan fingerprint density at radius 1 is 1.33 bits per heavy atom. The van der Waals surface area contributed by atoms with Gasteiger partial charge in [-0.15, -0.1) is 0 Å². The van der Waals surface area contributed by atoms with E-state index in [0.29, 0.717) is 11.3 Å². The Kier molecular flexibility index (Phi) is 5.18. The SMILES string of the molecule is CC(=O)NC(=O)C(C)N(C=O)C(=O)c1cccc(N)c1C. The fraction of sp³-hybridized carbons (Fsp3) is 0.286. The summed E-state index contributed by atoms with van der Waals surface area (Å²) < 4.78 is 0. The standard InChI is InChI=1S/C14H17N3O4/c1-8-11(5-4-6-12(8)15)14(21)17(7-18)9(2)13(20)16-10(3)19/h4-7,9H,15H2,1-3H3,(H,16,19,20). The normalized spacial score (nSPS) is 11.4. The number of nitrogens with two attached hydrogens (primary N) is 1. The minimum atomic E-state index is -1.11. The van der Waals surface area contributed by atoms with Crippen LogP contribution in [0.1, 0.15) is 29.8 Å². The van der Waals surface area contributed by atoms with Crippen LogP contribution in [0.15, 0.2) is 18.2 Å². The Labute approximate surface area is 122 Å². The average molecular weight is 291 g/mol. The molecule has 0 aliphatic carbocycles. The molecule has 4 amide bonds. The highest BCUT2D eigenvalue weighted by molar-refractivity contribution is 6.06. The quantitative estimate of drug-likeness (QED) is 0.609. The molecule has 1 rings (SSSR count). The predicted molar refractivity (Wildman–Crippen MR) is 76.1 cm³/mol. The zero-order chi connectivity index (χ0) is 16.2. The van der Waals surface area contributed by atoms with Gasteiger partial charge in [-0.1, -0.05) is 6.07 Å². The Hall–Kier alpha value is -2.70. The summed E-state index contributed by atoms with van der Waals surface area (Å²) in [5.41, 5.74) is 6.88. The minimum absolute atomic E-state index is 0.226. The molecule has 0 fully saturated rings. The van der Waals surface area contributed by atoms with E-state index in [9.17, 15) is 19.2 Å². The molecular weight excluding hydrogens is 274 g/mol. The highest BCUT2D eigenvalue weighted by Crippen LogP contribution is 2.18. The van der Waals surface area contributed by atoms with Crippen molar-refractivity contribution in [2.75, 3.05) is 5.73 Å². The number of benzene rings is 1. The molecule has 0 saturated carbocycles. The zero-order valence-corrected chi connectivity index (χ0v) is 12.0. The molecule has 7 heteroatoms. The van der Waals surface area contributed by atoms with Crippen molar-refractivity contribution in [2.45, 2.75) is 26.8 Å². The smallest absolute Gasteiger partial charge is 0.261 e. The lowest BCUT2D eigenvalue weighted by molar-refractivity contribution is -0.134. The number of hydrogen-bond acceptors (Lipinski definition) is 5. The summed E-state index contributed by atoms with van der Waals surface area (Å²) in [4.78, 5) is 46.8. The van der Waals surface area contributed by atoms with E-state index in [1.165, 1.54) is 19.9 Å². The van der Waals surface area contributed by atoms with Gasteiger partial charge in [0.25, 0.3) is 5.91 Å². The summed E-state index contributed by atoms with van der Waals surface area (Å²) in [5.74, 6) is -1.95. The first-order chi connectivity index (χ1) is 9.79. The van der Waals surface area contributed by atoms with Crippen LogP contribution in [0.4, 0.5) is 5.69 Å². The van der Waals surface area contributed by atoms with Crippen molar-refractivity contribution in [2.24, 2.45) is 0 Å². The predicted octanol–water partition coefficient (Wildman–Crippen LogP) is 0.227. The van der Waals surface area contributed by atoms with Crippen LogP contribution in [0.5, 0.6) is 0 Å². The molecule has 3 N–H and O–H groups in total. The molecule has 1 aromatic rings. The Morgan fingerprint density at radius 2 is 1.95 bits per heavy atom. The van der Waals surface area contributed by atoms with Crippen LogP contribution in [-0.2, 0) is 14.4 Å². The van der Waals surface area contributed by atoms with Crippen LogP contribution in [-0.4, -0.2) is 35.1 Å². The molecule has 112 valence electrons. The maximum Gasteiger partial charge on any atom is 0.261 e. The second-order valence-electron chi connectivity index (χ2n) is 4.56. The van der Waals surface area contributed by atoms with Crippen LogP contribution in [0.25, 0.3) is 0 Å². The number of imide groups is 2. The number of hydrogen-bond donors (Lipinski definition) is 2. The first-order valence-electron chi connectivity index (χ1n) is 6.24. The molecule has 0 radical (unpaired) electrons. The van der Waals surface area contributed by atoms with E-state index in [-0.39, 0.29) is 12.0 Å². The maximum absolute atomic E-state index is 12.4. The van der Waals surface area contributed by atoms with Crippen molar-refractivity contribution < 1.29 is 19.2 Å². The van der Waals surface area contributed by atoms with Gasteiger partial charge in [0.15, 0.2) is 0 Å². The minimum Gasteiger partial charge on any atom is -0.398 e. The maximum atomic E-state index is 12.4. The van der Waals surface area contributed by atoms with Crippen LogP contribution in [0, 0.1) is 6.92 Å². The number of rotatable bonds is 4. The third kappa shape index (κ3) is 3.65. The van der Waals surface area contributed by atoms with E-state index in [0.717, 1.165) is 4.90 Å². The molecule has 1 unspecified atom stereocenters. The van der Waals surface area contributed by atoms with Gasteiger partial charge in [-0.05, 0) is 31.5 Å². The van der Waals surface area contributed by atoms with Gasteiger partial charge in [-0.2, -0.15) is 0 Å². The van der Waals surface area contributed by atoms with Crippen LogP contribution in [0.3, 0.4) is 0 Å². The van der Waals surface area contributed by atoms with Gasteiger partial charge in [0, 0.05) is 18.2 Å². The third-order valence-corrected chi connectivity index (χ3v) is 3.05. The molecular formula is C14H17N3O4. The van der Waals surface area contributed by atoms with Gasteiger partial charge in [0.05, 0.1) is 0 Å². The fourth-order valence-electron chi connectivity index (χ4n) is 1.74. The monoisotopic (exact) mass is 291 g/mol. The third-order valence-electron chi connectivity index (χ3n) is 3.05. The lowest BCUT2D eigenvalue weighted by Gasteiger charge is -2.23. The van der Waals surface area contributed by atoms with E-state index < -0.39 is 23.8 Å². The van der Waals surface area contributed by atoms with Gasteiger partial charge in [0.2, 0.25) is 18.2 Å². The zero-order valence-electron chi connectivity index (χ0n) is 12.0. The topological polar surface area (TPSA) is 110 Å². The summed E-state index contributed by atoms with van der Waals surface area (Å²) in [5, 5.41) is 2.03. The molecule has 0 aliphatic heterocycles. The molecule has 0 aliphatic rings. The van der Waals surface area contributed by atoms with Crippen molar-refractivity contribution in [3.05, 3.63) is 29.3 Å². The van der Waals surface area contributed by atoms with Gasteiger partial charge >= 0.3 is 0 Å². The average Bonchev–Trinajstić information content (AvgIpc) is 2.41. The fourth-order valence-corrected chi connectivity index (χ4v) is 1.74. The van der Waals surface area contributed by atoms with E-state index >= 15 is 0 Å². The summed E-state index contributed by atoms with van der Waals surface area (Å²) in [6.45, 7) is 4.16. The molecule has 7 nitrogen and oxygen atoms in total. The number of carbonyl (C=O) groups is 4. The number of nitrogens with zero attached hydrogens (tertiary/aromatic N) is 1. The van der Waals surface area contributed by atoms with Crippen LogP contribution in [0.2, 0.25) is 0 Å². The summed E-state index contributed by atoms with van der Waals surface area (Å²) >= 11 is 0. The van der Waals surface area contributed by atoms with Gasteiger partial charge in [0.1, 0.15) is 6.04 Å². The number of anilines is 1. The molecule has 0 heterocycles. The van der Waals surface area contributed by atoms with Crippen molar-refractivity contribution in [1.82, 2.24) is 10.2 Å². The molecule has 0 saturated heterocycles. The number of amides is 4. The molecule has 0 aromatic heterocycles. The largest absolute Gasteiger partial charge is 0.398 e. The van der Waals surface area contributed by atoms with Gasteiger partial charge < -0.3 is 5.73 Å². The van der Waals surface area contributed by atoms with Crippen molar-refractivity contribution >= 4 is 29.8 Å². The number of nitrogens with one attached hydrogen (secondary N) is 1. The Bertz CT molecular complexity index is 598.